The summed E-state index contributed by atoms with van der Waals surface area (Å²) >= 11 is 0. The highest BCUT2D eigenvalue weighted by Crippen LogP contribution is 2.39. The summed E-state index contributed by atoms with van der Waals surface area (Å²) in [6, 6.07) is 36.0. The number of fused-ring (bicyclic) bond motifs is 1. The highest BCUT2D eigenvalue weighted by atomic mass is 79.9. The highest BCUT2D eigenvalue weighted by molar-refractivity contribution is 7.51. The molecule has 12 heteroatoms. The van der Waals surface area contributed by atoms with Crippen LogP contribution >= 0.6 is 15.2 Å². The van der Waals surface area contributed by atoms with Crippen LogP contribution in [0.5, 0.6) is 0 Å². The fourth-order valence-electron chi connectivity index (χ4n) is 5.51. The molecular weight excluding hydrogens is 778 g/mol. The van der Waals surface area contributed by atoms with Crippen molar-refractivity contribution < 1.29 is 71.8 Å². The van der Waals surface area contributed by atoms with Gasteiger partial charge in [0.2, 0.25) is 0 Å². The first kappa shape index (κ1) is 37.5. The molecule has 0 saturated heterocycles. The second kappa shape index (κ2) is 15.9. The number of aromatic nitrogens is 2. The van der Waals surface area contributed by atoms with Crippen molar-refractivity contribution in [3.63, 3.8) is 0 Å². The second-order valence-corrected chi connectivity index (χ2v) is 14.9. The van der Waals surface area contributed by atoms with Crippen LogP contribution in [-0.2, 0) is 34.5 Å². The van der Waals surface area contributed by atoms with E-state index in [-0.39, 0.29) is 46.3 Å². The van der Waals surface area contributed by atoms with E-state index < -0.39 is 15.2 Å². The molecule has 2 heterocycles. The van der Waals surface area contributed by atoms with E-state index in [2.05, 4.69) is 69.8 Å². The van der Waals surface area contributed by atoms with Gasteiger partial charge in [-0.25, -0.2) is 9.13 Å². The zero-order valence-electron chi connectivity index (χ0n) is 25.7. The zero-order chi connectivity index (χ0) is 32.3. The van der Waals surface area contributed by atoms with Gasteiger partial charge in [0, 0.05) is 35.4 Å². The molecule has 0 radical (unpaired) electrons. The Morgan fingerprint density at radius 1 is 0.417 bits per heavy atom. The molecule has 6 aromatic rings. The SMILES string of the molecule is O=P(O)(O)Cc1ccc(C[n+]2ccc(-c3ccc4cc(-c5cc[n+](Cc6ccc(CP(=O)(O)O)cc6)cc5)ccc4c3)cc2)cc1.[Br-].[Br-]. The molecule has 248 valence electrons. The fourth-order valence-corrected chi connectivity index (χ4v) is 6.89. The number of pyridine rings is 2. The Labute approximate surface area is 300 Å². The lowest BCUT2D eigenvalue weighted by molar-refractivity contribution is -0.688. The van der Waals surface area contributed by atoms with Crippen molar-refractivity contribution in [2.24, 2.45) is 0 Å². The van der Waals surface area contributed by atoms with E-state index >= 15 is 0 Å². The van der Waals surface area contributed by atoms with Gasteiger partial charge in [-0.05, 0) is 56.3 Å². The van der Waals surface area contributed by atoms with E-state index in [1.165, 1.54) is 0 Å². The summed E-state index contributed by atoms with van der Waals surface area (Å²) in [6.07, 6.45) is 7.65. The van der Waals surface area contributed by atoms with Gasteiger partial charge in [0.15, 0.2) is 37.9 Å². The van der Waals surface area contributed by atoms with Gasteiger partial charge in [-0.1, -0.05) is 72.8 Å². The maximum absolute atomic E-state index is 11.2. The van der Waals surface area contributed by atoms with E-state index in [9.17, 15) is 28.7 Å². The molecule has 0 bridgehead atoms. The average molecular weight is 812 g/mol. The standard InChI is InChI=1S/C36H32N2O6P2.2BrH/c39-45(40,41)25-29-5-1-27(2-6-29)23-37-17-13-31(14-18-37)33-9-11-36-22-34(10-12-35(36)21-33)32-15-19-38(20-16-32)24-28-3-7-30(8-4-28)26-46(42,43)44;;/h1-22H,23-26H2,(H2-2,39,40,41,42,43,44);2*1H. The van der Waals surface area contributed by atoms with Crippen molar-refractivity contribution in [3.8, 4) is 22.3 Å². The number of nitrogens with zero attached hydrogens (tertiary/aromatic N) is 2. The summed E-state index contributed by atoms with van der Waals surface area (Å²) < 4.78 is 26.6. The van der Waals surface area contributed by atoms with E-state index in [1.54, 1.807) is 24.3 Å². The molecule has 0 saturated carbocycles. The van der Waals surface area contributed by atoms with E-state index in [1.807, 2.05) is 49.1 Å². The summed E-state index contributed by atoms with van der Waals surface area (Å²) in [5.41, 5.74) is 7.84. The Morgan fingerprint density at radius 3 is 1.04 bits per heavy atom. The maximum atomic E-state index is 11.2. The summed E-state index contributed by atoms with van der Waals surface area (Å²) in [4.78, 5) is 36.7. The highest BCUT2D eigenvalue weighted by Gasteiger charge is 2.15. The minimum absolute atomic E-state index is 0. The topological polar surface area (TPSA) is 123 Å². The van der Waals surface area contributed by atoms with Gasteiger partial charge in [0.1, 0.15) is 0 Å². The lowest BCUT2D eigenvalue weighted by atomic mass is 9.98. The van der Waals surface area contributed by atoms with Crippen molar-refractivity contribution in [1.29, 1.82) is 0 Å². The normalized spacial score (nSPS) is 11.5. The van der Waals surface area contributed by atoms with Gasteiger partial charge in [0.05, 0.1) is 12.3 Å². The molecule has 2 aromatic heterocycles. The van der Waals surface area contributed by atoms with Gasteiger partial charge in [-0.2, -0.15) is 0 Å². The van der Waals surface area contributed by atoms with Crippen LogP contribution in [0.1, 0.15) is 22.3 Å². The van der Waals surface area contributed by atoms with Gasteiger partial charge in [-0.15, -0.1) is 0 Å². The third kappa shape index (κ3) is 10.3. The molecule has 0 spiro atoms. The lowest BCUT2D eigenvalue weighted by Crippen LogP contribution is -3.00. The molecule has 48 heavy (non-hydrogen) atoms. The first-order chi connectivity index (χ1) is 22.0. The molecule has 0 amide bonds. The molecule has 0 aliphatic carbocycles. The van der Waals surface area contributed by atoms with Gasteiger partial charge < -0.3 is 53.5 Å². The minimum atomic E-state index is -4.07. The molecule has 0 aliphatic rings. The van der Waals surface area contributed by atoms with Crippen LogP contribution in [0, 0.1) is 0 Å². The minimum Gasteiger partial charge on any atom is -1.00 e. The summed E-state index contributed by atoms with van der Waals surface area (Å²) in [5, 5.41) is 2.31. The number of halogens is 2. The van der Waals surface area contributed by atoms with Gasteiger partial charge in [0.25, 0.3) is 0 Å². The van der Waals surface area contributed by atoms with Crippen molar-refractivity contribution in [2.75, 3.05) is 0 Å². The number of rotatable bonds is 10. The first-order valence-electron chi connectivity index (χ1n) is 14.7. The van der Waals surface area contributed by atoms with Crippen molar-refractivity contribution >= 4 is 26.0 Å². The van der Waals surface area contributed by atoms with E-state index in [0.29, 0.717) is 24.2 Å². The molecule has 0 atom stereocenters. The predicted octanol–water partition coefficient (Wildman–Crippen LogP) is 0.209. The quantitative estimate of drug-likeness (QED) is 0.116. The third-order valence-electron chi connectivity index (χ3n) is 7.84. The third-order valence-corrected chi connectivity index (χ3v) is 9.40. The Hall–Kier alpha value is -3.30. The molecule has 4 N–H and O–H groups in total. The molecule has 8 nitrogen and oxygen atoms in total. The largest absolute Gasteiger partial charge is 1.00 e. The van der Waals surface area contributed by atoms with Crippen LogP contribution in [0.2, 0.25) is 0 Å². The Balaban J connectivity index is 0.00000260. The van der Waals surface area contributed by atoms with Crippen LogP contribution in [-0.4, -0.2) is 19.6 Å². The van der Waals surface area contributed by atoms with Crippen LogP contribution in [0.25, 0.3) is 33.0 Å². The molecule has 6 rings (SSSR count). The van der Waals surface area contributed by atoms with Crippen molar-refractivity contribution in [2.45, 2.75) is 25.4 Å². The summed E-state index contributed by atoms with van der Waals surface area (Å²) in [7, 11) is -8.15. The average Bonchev–Trinajstić information content (AvgIpc) is 3.02. The molecular formula is C36H34Br2N2O6P2. The monoisotopic (exact) mass is 810 g/mol. The summed E-state index contributed by atoms with van der Waals surface area (Å²) in [5.74, 6) is 0. The number of benzene rings is 4. The second-order valence-electron chi connectivity index (χ2n) is 11.6. The molecule has 0 unspecified atom stereocenters. The predicted molar refractivity (Wildman–Crippen MR) is 178 cm³/mol. The molecule has 0 fully saturated rings. The maximum Gasteiger partial charge on any atom is 0.329 e. The van der Waals surface area contributed by atoms with Crippen LogP contribution < -0.4 is 43.1 Å². The smallest absolute Gasteiger partial charge is 0.329 e. The van der Waals surface area contributed by atoms with Crippen molar-refractivity contribution in [1.82, 2.24) is 0 Å². The molecule has 0 aliphatic heterocycles. The first-order valence-corrected chi connectivity index (χ1v) is 18.3. The summed E-state index contributed by atoms with van der Waals surface area (Å²) in [6.45, 7) is 1.32. The van der Waals surface area contributed by atoms with E-state index in [4.69, 9.17) is 0 Å². The Morgan fingerprint density at radius 2 is 0.729 bits per heavy atom. The number of hydrogen-bond acceptors (Lipinski definition) is 2. The lowest BCUT2D eigenvalue weighted by Gasteiger charge is -2.07. The van der Waals surface area contributed by atoms with Crippen molar-refractivity contribution in [3.05, 3.63) is 156 Å². The number of hydrogen-bond donors (Lipinski definition) is 4. The Bertz CT molecular complexity index is 1930. The fraction of sp³-hybridized carbons (Fsp3) is 0.111. The van der Waals surface area contributed by atoms with Crippen LogP contribution in [0.15, 0.2) is 134 Å². The van der Waals surface area contributed by atoms with E-state index in [0.717, 1.165) is 44.2 Å². The van der Waals surface area contributed by atoms with Gasteiger partial charge >= 0.3 is 15.2 Å². The van der Waals surface area contributed by atoms with Gasteiger partial charge in [-0.3, -0.25) is 9.13 Å². The zero-order valence-corrected chi connectivity index (χ0v) is 30.6. The van der Waals surface area contributed by atoms with Crippen LogP contribution in [0.3, 0.4) is 0 Å². The Kier molecular flexibility index (Phi) is 12.5. The van der Waals surface area contributed by atoms with Crippen LogP contribution in [0.4, 0.5) is 0 Å². The molecule has 4 aromatic carbocycles.